The molecule has 11 nitrogen and oxygen atoms in total. The summed E-state index contributed by atoms with van der Waals surface area (Å²) >= 11 is 1.22. The summed E-state index contributed by atoms with van der Waals surface area (Å²) in [6.07, 6.45) is 0. The van der Waals surface area contributed by atoms with Gasteiger partial charge in [0, 0.05) is 37.1 Å². The van der Waals surface area contributed by atoms with Crippen LogP contribution in [0.2, 0.25) is 0 Å². The number of thiazole rings is 1. The lowest BCUT2D eigenvalue weighted by Gasteiger charge is -2.31. The molecule has 38 heavy (non-hydrogen) atoms. The zero-order valence-electron chi connectivity index (χ0n) is 21.2. The summed E-state index contributed by atoms with van der Waals surface area (Å²) in [5.41, 5.74) is 1.44. The summed E-state index contributed by atoms with van der Waals surface area (Å²) in [5.74, 6) is -0.242. The lowest BCUT2D eigenvalue weighted by atomic mass is 10.1. The largest absolute Gasteiger partial charge is 0.493 e. The second-order valence-corrected chi connectivity index (χ2v) is 11.3. The number of nitrogens with one attached hydrogen (secondary N) is 1. The maximum Gasteiger partial charge on any atom is 0.338 e. The maximum absolute atomic E-state index is 13.0. The predicted octanol–water partition coefficient (Wildman–Crippen LogP) is 2.56. The van der Waals surface area contributed by atoms with Gasteiger partial charge in [0.05, 0.1) is 30.4 Å². The van der Waals surface area contributed by atoms with Gasteiger partial charge in [-0.05, 0) is 43.4 Å². The number of sulfonamides is 1. The molecule has 0 atom stereocenters. The zero-order chi connectivity index (χ0) is 27.3. The molecular formula is C25H28N4O7S2. The normalized spacial score (nSPS) is 14.6. The van der Waals surface area contributed by atoms with Crippen molar-refractivity contribution in [1.82, 2.24) is 14.2 Å². The molecule has 1 N–H and O–H groups in total. The SMILES string of the molecule is COc1ccc(-c2csc(NC(=O)COC(=O)c3cccc(S(=O)(=O)N4CCN(C)CC4)c3)n2)cc1OC. The number of carbonyl (C=O) groups excluding carboxylic acids is 2. The average molecular weight is 561 g/mol. The van der Waals surface area contributed by atoms with Gasteiger partial charge in [0.25, 0.3) is 5.91 Å². The van der Waals surface area contributed by atoms with Gasteiger partial charge in [-0.3, -0.25) is 10.1 Å². The summed E-state index contributed by atoms with van der Waals surface area (Å²) < 4.78 is 43.0. The van der Waals surface area contributed by atoms with Crippen LogP contribution in [0, 0.1) is 0 Å². The Bertz CT molecular complexity index is 1420. The van der Waals surface area contributed by atoms with Crippen molar-refractivity contribution in [3.05, 3.63) is 53.4 Å². The summed E-state index contributed by atoms with van der Waals surface area (Å²) in [6.45, 7) is 1.45. The van der Waals surface area contributed by atoms with Crippen molar-refractivity contribution < 1.29 is 32.2 Å². The van der Waals surface area contributed by atoms with Crippen LogP contribution < -0.4 is 14.8 Å². The maximum atomic E-state index is 13.0. The summed E-state index contributed by atoms with van der Waals surface area (Å²) in [6, 6.07) is 11.0. The van der Waals surface area contributed by atoms with Gasteiger partial charge in [0.2, 0.25) is 10.0 Å². The Balaban J connectivity index is 1.35. The molecule has 1 amide bonds. The van der Waals surface area contributed by atoms with E-state index in [9.17, 15) is 18.0 Å². The topological polar surface area (TPSA) is 127 Å². The van der Waals surface area contributed by atoms with E-state index in [-0.39, 0.29) is 10.5 Å². The van der Waals surface area contributed by atoms with Gasteiger partial charge >= 0.3 is 5.97 Å². The number of rotatable bonds is 9. The number of hydrogen-bond donors (Lipinski definition) is 1. The van der Waals surface area contributed by atoms with Crippen molar-refractivity contribution in [1.29, 1.82) is 0 Å². The number of aromatic nitrogens is 1. The van der Waals surface area contributed by atoms with E-state index >= 15 is 0 Å². The van der Waals surface area contributed by atoms with Crippen molar-refractivity contribution in [3.8, 4) is 22.8 Å². The number of benzene rings is 2. The van der Waals surface area contributed by atoms with Crippen LogP contribution in [0.4, 0.5) is 5.13 Å². The fraction of sp³-hybridized carbons (Fsp3) is 0.320. The van der Waals surface area contributed by atoms with Gasteiger partial charge < -0.3 is 19.1 Å². The van der Waals surface area contributed by atoms with E-state index in [0.29, 0.717) is 48.5 Å². The molecule has 13 heteroatoms. The van der Waals surface area contributed by atoms with Crippen LogP contribution in [0.25, 0.3) is 11.3 Å². The molecule has 0 aliphatic carbocycles. The third kappa shape index (κ3) is 6.30. The van der Waals surface area contributed by atoms with Gasteiger partial charge in [0.1, 0.15) is 0 Å². The van der Waals surface area contributed by atoms with Crippen molar-refractivity contribution in [3.63, 3.8) is 0 Å². The van der Waals surface area contributed by atoms with E-state index in [0.717, 1.165) is 5.56 Å². The number of anilines is 1. The third-order valence-corrected chi connectivity index (χ3v) is 8.59. The Morgan fingerprint density at radius 2 is 1.76 bits per heavy atom. The van der Waals surface area contributed by atoms with E-state index in [1.165, 1.54) is 39.9 Å². The molecule has 0 spiro atoms. The number of carbonyl (C=O) groups is 2. The highest BCUT2D eigenvalue weighted by molar-refractivity contribution is 7.89. The first-order valence-electron chi connectivity index (χ1n) is 11.6. The first kappa shape index (κ1) is 27.5. The fourth-order valence-electron chi connectivity index (χ4n) is 3.79. The highest BCUT2D eigenvalue weighted by Gasteiger charge is 2.28. The van der Waals surface area contributed by atoms with Crippen molar-refractivity contribution in [2.75, 3.05) is 59.4 Å². The first-order chi connectivity index (χ1) is 18.2. The fourth-order valence-corrected chi connectivity index (χ4v) is 5.99. The molecular weight excluding hydrogens is 532 g/mol. The van der Waals surface area contributed by atoms with Crippen LogP contribution in [-0.2, 0) is 19.6 Å². The van der Waals surface area contributed by atoms with E-state index < -0.39 is 28.5 Å². The number of amides is 1. The minimum Gasteiger partial charge on any atom is -0.493 e. The monoisotopic (exact) mass is 560 g/mol. The molecule has 1 saturated heterocycles. The Kier molecular flexibility index (Phi) is 8.62. The Morgan fingerprint density at radius 3 is 2.47 bits per heavy atom. The van der Waals surface area contributed by atoms with E-state index in [4.69, 9.17) is 14.2 Å². The zero-order valence-corrected chi connectivity index (χ0v) is 22.8. The second-order valence-electron chi connectivity index (χ2n) is 8.47. The molecule has 3 aromatic rings. The minimum absolute atomic E-state index is 0.00596. The number of esters is 1. The van der Waals surface area contributed by atoms with Crippen molar-refractivity contribution in [2.45, 2.75) is 4.90 Å². The number of methoxy groups -OCH3 is 2. The number of piperazine rings is 1. The smallest absolute Gasteiger partial charge is 0.338 e. The lowest BCUT2D eigenvalue weighted by Crippen LogP contribution is -2.47. The van der Waals surface area contributed by atoms with Crippen LogP contribution >= 0.6 is 11.3 Å². The number of ether oxygens (including phenoxy) is 3. The minimum atomic E-state index is -3.74. The lowest BCUT2D eigenvalue weighted by molar-refractivity contribution is -0.119. The van der Waals surface area contributed by atoms with Gasteiger partial charge in [-0.1, -0.05) is 6.07 Å². The summed E-state index contributed by atoms with van der Waals surface area (Å²) in [7, 11) is 1.28. The molecule has 2 aromatic carbocycles. The molecule has 1 fully saturated rings. The van der Waals surface area contributed by atoms with E-state index in [1.807, 2.05) is 18.0 Å². The van der Waals surface area contributed by atoms with E-state index in [2.05, 4.69) is 10.3 Å². The summed E-state index contributed by atoms with van der Waals surface area (Å²) in [5, 5.41) is 4.70. The molecule has 4 rings (SSSR count). The molecule has 0 radical (unpaired) electrons. The Labute approximate surface area is 225 Å². The van der Waals surface area contributed by atoms with Crippen molar-refractivity contribution in [2.24, 2.45) is 0 Å². The quantitative estimate of drug-likeness (QED) is 0.393. The van der Waals surface area contributed by atoms with Gasteiger partial charge in [-0.2, -0.15) is 4.31 Å². The van der Waals surface area contributed by atoms with Crippen LogP contribution in [0.1, 0.15) is 10.4 Å². The Hall–Kier alpha value is -3.52. The molecule has 0 unspecified atom stereocenters. The van der Waals surface area contributed by atoms with Crippen LogP contribution in [0.3, 0.4) is 0 Å². The highest BCUT2D eigenvalue weighted by Crippen LogP contribution is 2.33. The third-order valence-electron chi connectivity index (χ3n) is 5.93. The highest BCUT2D eigenvalue weighted by atomic mass is 32.2. The number of nitrogens with zero attached hydrogens (tertiary/aromatic N) is 3. The molecule has 1 aliphatic heterocycles. The summed E-state index contributed by atoms with van der Waals surface area (Å²) in [4.78, 5) is 31.4. The van der Waals surface area contributed by atoms with Crippen LogP contribution in [0.15, 0.2) is 52.7 Å². The molecule has 202 valence electrons. The molecule has 0 saturated carbocycles. The van der Waals surface area contributed by atoms with Crippen LogP contribution in [0.5, 0.6) is 11.5 Å². The predicted molar refractivity (Wildman–Crippen MR) is 142 cm³/mol. The standard InChI is InChI=1S/C25H28N4O7S2/c1-28-9-11-29(12-10-28)38(32,33)19-6-4-5-18(13-19)24(31)36-15-23(30)27-25-26-20(16-37-25)17-7-8-21(34-2)22(14-17)35-3/h4-8,13-14,16H,9-12,15H2,1-3H3,(H,26,27,30). The molecule has 1 aromatic heterocycles. The van der Waals surface area contributed by atoms with Gasteiger partial charge in [0.15, 0.2) is 23.2 Å². The molecule has 2 heterocycles. The Morgan fingerprint density at radius 1 is 1.03 bits per heavy atom. The van der Waals surface area contributed by atoms with Crippen LogP contribution in [-0.4, -0.2) is 88.5 Å². The number of hydrogen-bond acceptors (Lipinski definition) is 10. The number of likely N-dealkylation sites (N-methyl/N-ethyl adjacent to an activating group) is 1. The first-order valence-corrected chi connectivity index (χ1v) is 14.0. The van der Waals surface area contributed by atoms with Gasteiger partial charge in [-0.25, -0.2) is 18.2 Å². The van der Waals surface area contributed by atoms with E-state index in [1.54, 1.807) is 31.7 Å². The molecule has 0 bridgehead atoms. The van der Waals surface area contributed by atoms with Crippen molar-refractivity contribution >= 4 is 38.4 Å². The van der Waals surface area contributed by atoms with Gasteiger partial charge in [-0.15, -0.1) is 11.3 Å². The second kappa shape index (κ2) is 11.9. The molecule has 1 aliphatic rings. The average Bonchev–Trinajstić information content (AvgIpc) is 3.40.